The van der Waals surface area contributed by atoms with Gasteiger partial charge < -0.3 is 20.8 Å². The number of benzene rings is 2. The lowest BCUT2D eigenvalue weighted by Gasteiger charge is -2.40. The van der Waals surface area contributed by atoms with Crippen LogP contribution >= 0.6 is 0 Å². The second-order valence-electron chi connectivity index (χ2n) is 9.60. The molecule has 1 amide bonds. The first kappa shape index (κ1) is 23.7. The number of carbonyl (C=O) groups is 1. The SMILES string of the molecule is C/C(C(=N)COCC1CC1)=C(/N)c1cc(C(=O)N2CC(c3ccc(C#N)cc3)C2)c(C)cc1C. The number of nitriles is 1. The van der Waals surface area contributed by atoms with E-state index in [0.29, 0.717) is 53.7 Å². The number of nitrogens with one attached hydrogen (secondary N) is 1. The van der Waals surface area contributed by atoms with Crippen molar-refractivity contribution in [1.82, 2.24) is 4.90 Å². The van der Waals surface area contributed by atoms with Crippen LogP contribution in [0, 0.1) is 36.5 Å². The molecule has 1 aliphatic carbocycles. The molecule has 3 N–H and O–H groups in total. The third-order valence-corrected chi connectivity index (χ3v) is 6.93. The van der Waals surface area contributed by atoms with Gasteiger partial charge in [0.05, 0.1) is 24.0 Å². The number of hydrogen-bond donors (Lipinski definition) is 2. The Labute approximate surface area is 201 Å². The van der Waals surface area contributed by atoms with Crippen molar-refractivity contribution in [1.29, 1.82) is 10.7 Å². The molecule has 0 spiro atoms. The minimum atomic E-state index is -0.00283. The van der Waals surface area contributed by atoms with Crippen molar-refractivity contribution >= 4 is 17.3 Å². The van der Waals surface area contributed by atoms with E-state index in [1.807, 2.05) is 62.1 Å². The molecule has 6 heteroatoms. The van der Waals surface area contributed by atoms with Gasteiger partial charge in [0.1, 0.15) is 0 Å². The average Bonchev–Trinajstić information content (AvgIpc) is 3.62. The zero-order chi connectivity index (χ0) is 24.4. The molecule has 2 aliphatic rings. The van der Waals surface area contributed by atoms with Crippen LogP contribution in [0.5, 0.6) is 0 Å². The van der Waals surface area contributed by atoms with Gasteiger partial charge in [-0.1, -0.05) is 18.2 Å². The Morgan fingerprint density at radius 1 is 1.15 bits per heavy atom. The van der Waals surface area contributed by atoms with E-state index in [9.17, 15) is 4.79 Å². The van der Waals surface area contributed by atoms with E-state index in [1.54, 1.807) is 0 Å². The maximum Gasteiger partial charge on any atom is 0.254 e. The molecule has 2 aromatic rings. The van der Waals surface area contributed by atoms with Gasteiger partial charge in [0.15, 0.2) is 0 Å². The summed E-state index contributed by atoms with van der Waals surface area (Å²) in [6.07, 6.45) is 2.43. The second-order valence-corrected chi connectivity index (χ2v) is 9.60. The van der Waals surface area contributed by atoms with Crippen molar-refractivity contribution in [3.05, 3.63) is 75.4 Å². The summed E-state index contributed by atoms with van der Waals surface area (Å²) in [5.74, 6) is 0.933. The Kier molecular flexibility index (Phi) is 6.85. The molecule has 34 heavy (non-hydrogen) atoms. The van der Waals surface area contributed by atoms with Crippen molar-refractivity contribution in [3.63, 3.8) is 0 Å². The molecule has 0 atom stereocenters. The monoisotopic (exact) mass is 456 g/mol. The fraction of sp³-hybridized carbons (Fsp3) is 0.393. The largest absolute Gasteiger partial charge is 0.398 e. The van der Waals surface area contributed by atoms with E-state index in [1.165, 1.54) is 12.8 Å². The van der Waals surface area contributed by atoms with Crippen LogP contribution in [0.25, 0.3) is 5.70 Å². The minimum absolute atomic E-state index is 0.00283. The molecule has 1 saturated carbocycles. The molecule has 2 aromatic carbocycles. The quantitative estimate of drug-likeness (QED) is 0.569. The van der Waals surface area contributed by atoms with Crippen LogP contribution in [0.15, 0.2) is 42.0 Å². The second kappa shape index (κ2) is 9.82. The lowest BCUT2D eigenvalue weighted by Crippen LogP contribution is -2.48. The number of amides is 1. The van der Waals surface area contributed by atoms with Crippen molar-refractivity contribution in [2.75, 3.05) is 26.3 Å². The van der Waals surface area contributed by atoms with Crippen LogP contribution in [-0.4, -0.2) is 42.8 Å². The first-order valence-corrected chi connectivity index (χ1v) is 11.8. The van der Waals surface area contributed by atoms with Crippen LogP contribution in [0.3, 0.4) is 0 Å². The molecule has 1 heterocycles. The van der Waals surface area contributed by atoms with Gasteiger partial charge in [-0.25, -0.2) is 0 Å². The van der Waals surface area contributed by atoms with E-state index >= 15 is 0 Å². The number of ether oxygens (including phenoxy) is 1. The van der Waals surface area contributed by atoms with Crippen LogP contribution in [0.2, 0.25) is 0 Å². The number of carbonyl (C=O) groups excluding carboxylic acids is 1. The zero-order valence-corrected chi connectivity index (χ0v) is 20.1. The topological polar surface area (TPSA) is 103 Å². The highest BCUT2D eigenvalue weighted by Gasteiger charge is 2.33. The summed E-state index contributed by atoms with van der Waals surface area (Å²) < 4.78 is 5.66. The molecule has 176 valence electrons. The van der Waals surface area contributed by atoms with Gasteiger partial charge in [-0.3, -0.25) is 4.79 Å². The Bertz CT molecular complexity index is 1180. The van der Waals surface area contributed by atoms with E-state index < -0.39 is 0 Å². The van der Waals surface area contributed by atoms with Gasteiger partial charge >= 0.3 is 0 Å². The molecule has 1 saturated heterocycles. The summed E-state index contributed by atoms with van der Waals surface area (Å²) in [6.45, 7) is 8.04. The average molecular weight is 457 g/mol. The molecule has 0 bridgehead atoms. The van der Waals surface area contributed by atoms with Gasteiger partial charge in [-0.2, -0.15) is 5.26 Å². The molecule has 6 nitrogen and oxygen atoms in total. The Morgan fingerprint density at radius 2 is 1.79 bits per heavy atom. The molecular weight excluding hydrogens is 424 g/mol. The highest BCUT2D eigenvalue weighted by atomic mass is 16.5. The maximum atomic E-state index is 13.3. The number of aryl methyl sites for hydroxylation is 2. The third-order valence-electron chi connectivity index (χ3n) is 6.93. The fourth-order valence-electron chi connectivity index (χ4n) is 4.31. The van der Waals surface area contributed by atoms with Crippen LogP contribution in [0.1, 0.15) is 63.9 Å². The highest BCUT2D eigenvalue weighted by Crippen LogP contribution is 2.31. The van der Waals surface area contributed by atoms with Crippen molar-refractivity contribution in [2.45, 2.75) is 39.5 Å². The number of nitrogens with two attached hydrogens (primary N) is 1. The van der Waals surface area contributed by atoms with Crippen molar-refractivity contribution < 1.29 is 9.53 Å². The van der Waals surface area contributed by atoms with E-state index in [4.69, 9.17) is 21.1 Å². The lowest BCUT2D eigenvalue weighted by molar-refractivity contribution is 0.0601. The van der Waals surface area contributed by atoms with Gasteiger partial charge in [0, 0.05) is 42.4 Å². The smallest absolute Gasteiger partial charge is 0.254 e. The minimum Gasteiger partial charge on any atom is -0.398 e. The summed E-state index contributed by atoms with van der Waals surface area (Å²) in [7, 11) is 0. The molecule has 2 fully saturated rings. The van der Waals surface area contributed by atoms with Crippen molar-refractivity contribution in [3.8, 4) is 6.07 Å². The number of rotatable bonds is 8. The number of nitrogens with zero attached hydrogens (tertiary/aromatic N) is 2. The standard InChI is InChI=1S/C28H32N4O2/c1-17-10-18(2)25(11-24(17)27(31)19(3)26(30)16-34-15-21-4-5-21)28(33)32-13-23(14-32)22-8-6-20(12-29)7-9-22/h6-11,21,23,30H,4-5,13-16,31H2,1-3H3/b27-19-,30-26?. The predicted octanol–water partition coefficient (Wildman–Crippen LogP) is 4.55. The summed E-state index contributed by atoms with van der Waals surface area (Å²) in [6, 6.07) is 13.6. The van der Waals surface area contributed by atoms with Gasteiger partial charge in [-0.15, -0.1) is 0 Å². The summed E-state index contributed by atoms with van der Waals surface area (Å²) in [4.78, 5) is 15.1. The predicted molar refractivity (Wildman–Crippen MR) is 134 cm³/mol. The van der Waals surface area contributed by atoms with Gasteiger partial charge in [0.25, 0.3) is 5.91 Å². The first-order valence-electron chi connectivity index (χ1n) is 11.8. The molecule has 0 unspecified atom stereocenters. The normalized spacial score (nSPS) is 16.5. The molecular formula is C28H32N4O2. The van der Waals surface area contributed by atoms with E-state index in [0.717, 1.165) is 22.3 Å². The Hall–Kier alpha value is -3.43. The third kappa shape index (κ3) is 5.05. The summed E-state index contributed by atoms with van der Waals surface area (Å²) in [5.41, 5.74) is 13.2. The van der Waals surface area contributed by atoms with Crippen LogP contribution < -0.4 is 5.73 Å². The number of hydrogen-bond acceptors (Lipinski definition) is 5. The zero-order valence-electron chi connectivity index (χ0n) is 20.1. The maximum absolute atomic E-state index is 13.3. The summed E-state index contributed by atoms with van der Waals surface area (Å²) in [5, 5.41) is 17.3. The number of likely N-dealkylation sites (tertiary alicyclic amines) is 1. The molecule has 4 rings (SSSR count). The highest BCUT2D eigenvalue weighted by molar-refractivity contribution is 6.05. The van der Waals surface area contributed by atoms with E-state index in [2.05, 4.69) is 6.07 Å². The molecule has 0 radical (unpaired) electrons. The Morgan fingerprint density at radius 3 is 2.41 bits per heavy atom. The van der Waals surface area contributed by atoms with Gasteiger partial charge in [-0.05, 0) is 80.0 Å². The molecule has 0 aromatic heterocycles. The first-order chi connectivity index (χ1) is 16.3. The summed E-state index contributed by atoms with van der Waals surface area (Å²) >= 11 is 0. The molecule has 1 aliphatic heterocycles. The fourth-order valence-corrected chi connectivity index (χ4v) is 4.31. The van der Waals surface area contributed by atoms with Crippen LogP contribution in [-0.2, 0) is 4.74 Å². The van der Waals surface area contributed by atoms with E-state index in [-0.39, 0.29) is 18.4 Å². The van der Waals surface area contributed by atoms with Gasteiger partial charge in [0.2, 0.25) is 0 Å². The lowest BCUT2D eigenvalue weighted by atomic mass is 9.89. The Balaban J connectivity index is 1.46. The van der Waals surface area contributed by atoms with Crippen LogP contribution in [0.4, 0.5) is 0 Å². The van der Waals surface area contributed by atoms with Crippen molar-refractivity contribution in [2.24, 2.45) is 11.7 Å².